The first-order valence-electron chi connectivity index (χ1n) is 6.71. The average Bonchev–Trinajstić information content (AvgIpc) is 2.38. The summed E-state index contributed by atoms with van der Waals surface area (Å²) >= 11 is 1.84. The van der Waals surface area contributed by atoms with E-state index >= 15 is 0 Å². The summed E-state index contributed by atoms with van der Waals surface area (Å²) in [6.07, 6.45) is 0. The number of nitrogens with one attached hydrogen (secondary N) is 1. The molecule has 0 atom stereocenters. The van der Waals surface area contributed by atoms with Gasteiger partial charge in [-0.05, 0) is 30.7 Å². The largest absolute Gasteiger partial charge is 0.310 e. The van der Waals surface area contributed by atoms with Gasteiger partial charge in [0, 0.05) is 22.4 Å². The summed E-state index contributed by atoms with van der Waals surface area (Å²) in [5, 5.41) is 3.49. The van der Waals surface area contributed by atoms with Gasteiger partial charge in [-0.1, -0.05) is 61.5 Å². The zero-order valence-electron chi connectivity index (χ0n) is 11.8. The zero-order valence-corrected chi connectivity index (χ0v) is 12.6. The fourth-order valence-corrected chi connectivity index (χ4v) is 2.93. The molecule has 2 aromatic carbocycles. The third kappa shape index (κ3) is 4.41. The molecule has 19 heavy (non-hydrogen) atoms. The summed E-state index contributed by atoms with van der Waals surface area (Å²) in [4.78, 5) is 2.64. The zero-order chi connectivity index (χ0) is 13.7. The van der Waals surface area contributed by atoms with Crippen LogP contribution >= 0.6 is 11.8 Å². The van der Waals surface area contributed by atoms with E-state index in [4.69, 9.17) is 0 Å². The van der Waals surface area contributed by atoms with Gasteiger partial charge >= 0.3 is 0 Å². The van der Waals surface area contributed by atoms with E-state index in [2.05, 4.69) is 74.6 Å². The van der Waals surface area contributed by atoms with Crippen LogP contribution < -0.4 is 5.32 Å². The predicted molar refractivity (Wildman–Crippen MR) is 83.7 cm³/mol. The molecule has 0 spiro atoms. The highest BCUT2D eigenvalue weighted by molar-refractivity contribution is 7.99. The second-order valence-corrected chi connectivity index (χ2v) is 6.18. The van der Waals surface area contributed by atoms with Crippen LogP contribution in [-0.4, -0.2) is 6.04 Å². The molecule has 0 heterocycles. The number of benzene rings is 2. The van der Waals surface area contributed by atoms with Gasteiger partial charge in [0.2, 0.25) is 0 Å². The fourth-order valence-electron chi connectivity index (χ4n) is 1.87. The van der Waals surface area contributed by atoms with Crippen molar-refractivity contribution in [2.24, 2.45) is 0 Å². The maximum Gasteiger partial charge on any atom is 0.0219 e. The lowest BCUT2D eigenvalue weighted by Gasteiger charge is -2.12. The molecule has 100 valence electrons. The number of hydrogen-bond acceptors (Lipinski definition) is 2. The Hall–Kier alpha value is -1.25. The molecule has 1 N–H and O–H groups in total. The topological polar surface area (TPSA) is 12.0 Å². The lowest BCUT2D eigenvalue weighted by atomic mass is 10.2. The van der Waals surface area contributed by atoms with Gasteiger partial charge in [0.25, 0.3) is 0 Å². The summed E-state index contributed by atoms with van der Waals surface area (Å²) in [7, 11) is 0. The third-order valence-corrected chi connectivity index (χ3v) is 4.00. The molecule has 0 aliphatic carbocycles. The Morgan fingerprint density at radius 3 is 2.58 bits per heavy atom. The molecular weight excluding hydrogens is 250 g/mol. The Labute approximate surface area is 120 Å². The number of hydrogen-bond donors (Lipinski definition) is 1. The van der Waals surface area contributed by atoms with Gasteiger partial charge in [0.05, 0.1) is 0 Å². The van der Waals surface area contributed by atoms with E-state index in [-0.39, 0.29) is 0 Å². The van der Waals surface area contributed by atoms with Crippen molar-refractivity contribution in [3.8, 4) is 0 Å². The minimum Gasteiger partial charge on any atom is -0.310 e. The maximum atomic E-state index is 3.49. The molecule has 2 rings (SSSR count). The fraction of sp³-hybridized carbons (Fsp3) is 0.294. The molecule has 2 aromatic rings. The van der Waals surface area contributed by atoms with Crippen molar-refractivity contribution < 1.29 is 0 Å². The summed E-state index contributed by atoms with van der Waals surface area (Å²) in [6.45, 7) is 7.41. The molecule has 0 radical (unpaired) electrons. The Balaban J connectivity index is 2.15. The average molecular weight is 271 g/mol. The number of aryl methyl sites for hydroxylation is 1. The minimum atomic E-state index is 0.511. The van der Waals surface area contributed by atoms with E-state index < -0.39 is 0 Å². The SMILES string of the molecule is Cc1cccc(Sc2ccccc2CNC(C)C)c1. The van der Waals surface area contributed by atoms with Crippen LogP contribution in [0.2, 0.25) is 0 Å². The summed E-state index contributed by atoms with van der Waals surface area (Å²) in [5.74, 6) is 0. The standard InChI is InChI=1S/C17H21NS/c1-13(2)18-12-15-8-4-5-10-17(15)19-16-9-6-7-14(3)11-16/h4-11,13,18H,12H2,1-3H3. The molecule has 1 nitrogen and oxygen atoms in total. The first-order valence-corrected chi connectivity index (χ1v) is 7.52. The first kappa shape index (κ1) is 14.2. The monoisotopic (exact) mass is 271 g/mol. The van der Waals surface area contributed by atoms with Crippen molar-refractivity contribution in [3.05, 3.63) is 59.7 Å². The lowest BCUT2D eigenvalue weighted by Crippen LogP contribution is -2.22. The van der Waals surface area contributed by atoms with Gasteiger partial charge in [-0.15, -0.1) is 0 Å². The first-order chi connectivity index (χ1) is 9.15. The van der Waals surface area contributed by atoms with Crippen LogP contribution in [0.25, 0.3) is 0 Å². The van der Waals surface area contributed by atoms with Crippen molar-refractivity contribution in [1.82, 2.24) is 5.32 Å². The van der Waals surface area contributed by atoms with Crippen LogP contribution in [0.3, 0.4) is 0 Å². The van der Waals surface area contributed by atoms with E-state index in [1.807, 2.05) is 11.8 Å². The molecule has 0 saturated heterocycles. The van der Waals surface area contributed by atoms with E-state index in [1.165, 1.54) is 20.9 Å². The molecule has 2 heteroatoms. The Bertz CT molecular complexity index is 534. The van der Waals surface area contributed by atoms with Crippen molar-refractivity contribution in [2.75, 3.05) is 0 Å². The van der Waals surface area contributed by atoms with E-state index in [9.17, 15) is 0 Å². The predicted octanol–water partition coefficient (Wildman–Crippen LogP) is 4.64. The van der Waals surface area contributed by atoms with Crippen LogP contribution in [0, 0.1) is 6.92 Å². The Kier molecular flexibility index (Phi) is 5.06. The number of rotatable bonds is 5. The Morgan fingerprint density at radius 2 is 1.84 bits per heavy atom. The van der Waals surface area contributed by atoms with Gasteiger partial charge in [-0.3, -0.25) is 0 Å². The van der Waals surface area contributed by atoms with Crippen LogP contribution in [0.4, 0.5) is 0 Å². The molecule has 0 unspecified atom stereocenters. The minimum absolute atomic E-state index is 0.511. The van der Waals surface area contributed by atoms with Crippen LogP contribution in [-0.2, 0) is 6.54 Å². The quantitative estimate of drug-likeness (QED) is 0.850. The van der Waals surface area contributed by atoms with E-state index in [0.29, 0.717) is 6.04 Å². The molecule has 0 saturated carbocycles. The highest BCUT2D eigenvalue weighted by Gasteiger charge is 2.04. The van der Waals surface area contributed by atoms with Gasteiger partial charge in [-0.2, -0.15) is 0 Å². The molecule has 0 aromatic heterocycles. The van der Waals surface area contributed by atoms with Gasteiger partial charge in [0.15, 0.2) is 0 Å². The molecular formula is C17H21NS. The van der Waals surface area contributed by atoms with Crippen molar-refractivity contribution in [1.29, 1.82) is 0 Å². The smallest absolute Gasteiger partial charge is 0.0219 e. The molecule has 0 fully saturated rings. The molecule has 0 aliphatic heterocycles. The second kappa shape index (κ2) is 6.78. The molecule has 0 bridgehead atoms. The summed E-state index contributed by atoms with van der Waals surface area (Å²) < 4.78 is 0. The van der Waals surface area contributed by atoms with Crippen LogP contribution in [0.5, 0.6) is 0 Å². The highest BCUT2D eigenvalue weighted by Crippen LogP contribution is 2.30. The second-order valence-electron chi connectivity index (χ2n) is 5.06. The highest BCUT2D eigenvalue weighted by atomic mass is 32.2. The summed E-state index contributed by atoms with van der Waals surface area (Å²) in [5.41, 5.74) is 2.67. The summed E-state index contributed by atoms with van der Waals surface area (Å²) in [6, 6.07) is 17.8. The van der Waals surface area contributed by atoms with Crippen molar-refractivity contribution in [3.63, 3.8) is 0 Å². The van der Waals surface area contributed by atoms with Gasteiger partial charge < -0.3 is 5.32 Å². The Morgan fingerprint density at radius 1 is 1.05 bits per heavy atom. The van der Waals surface area contributed by atoms with Gasteiger partial charge in [-0.25, -0.2) is 0 Å². The lowest BCUT2D eigenvalue weighted by molar-refractivity contribution is 0.585. The van der Waals surface area contributed by atoms with Crippen molar-refractivity contribution in [2.45, 2.75) is 43.1 Å². The third-order valence-electron chi connectivity index (χ3n) is 2.89. The molecule has 0 aliphatic rings. The van der Waals surface area contributed by atoms with Crippen molar-refractivity contribution >= 4 is 11.8 Å². The molecule has 0 amide bonds. The van der Waals surface area contributed by atoms with Gasteiger partial charge in [0.1, 0.15) is 0 Å². The maximum absolute atomic E-state index is 3.49. The van der Waals surface area contributed by atoms with E-state index in [0.717, 1.165) is 6.54 Å². The van der Waals surface area contributed by atoms with E-state index in [1.54, 1.807) is 0 Å². The van der Waals surface area contributed by atoms with Crippen LogP contribution in [0.1, 0.15) is 25.0 Å². The normalized spacial score (nSPS) is 10.9. The van der Waals surface area contributed by atoms with Crippen LogP contribution in [0.15, 0.2) is 58.3 Å².